The van der Waals surface area contributed by atoms with Gasteiger partial charge in [0.05, 0.1) is 13.1 Å². The summed E-state index contributed by atoms with van der Waals surface area (Å²) in [5, 5.41) is 3.71. The van der Waals surface area contributed by atoms with Crippen LogP contribution in [-0.2, 0) is 34.2 Å². The Labute approximate surface area is 142 Å². The molecule has 0 aromatic heterocycles. The van der Waals surface area contributed by atoms with E-state index in [4.69, 9.17) is 0 Å². The fourth-order valence-electron chi connectivity index (χ4n) is 2.69. The highest BCUT2D eigenvalue weighted by Crippen LogP contribution is 2.22. The van der Waals surface area contributed by atoms with E-state index in [2.05, 4.69) is 11.9 Å². The number of benzene rings is 2. The Morgan fingerprint density at radius 3 is 2.58 bits per heavy atom. The Morgan fingerprint density at radius 1 is 1.17 bits per heavy atom. The molecule has 0 spiro atoms. The summed E-state index contributed by atoms with van der Waals surface area (Å²) < 4.78 is 26.0. The van der Waals surface area contributed by atoms with Crippen molar-refractivity contribution < 1.29 is 13.6 Å². The van der Waals surface area contributed by atoms with Gasteiger partial charge in [0.25, 0.3) is 5.91 Å². The average Bonchev–Trinajstić information content (AvgIpc) is 2.96. The molecule has 24 heavy (non-hydrogen) atoms. The molecule has 124 valence electrons. The smallest absolute Gasteiger partial charge is 0.251 e. The summed E-state index contributed by atoms with van der Waals surface area (Å²) >= 11 is 0. The van der Waals surface area contributed by atoms with E-state index >= 15 is 0 Å². The summed E-state index contributed by atoms with van der Waals surface area (Å²) in [5.41, 5.74) is 3.21. The van der Waals surface area contributed by atoms with Crippen LogP contribution in [0.2, 0.25) is 0 Å². The van der Waals surface area contributed by atoms with Crippen molar-refractivity contribution in [2.75, 3.05) is 0 Å². The molecule has 0 bridgehead atoms. The molecule has 1 atom stereocenters. The molecule has 0 saturated carbocycles. The molecule has 1 unspecified atom stereocenters. The normalized spacial score (nSPS) is 15.7. The van der Waals surface area contributed by atoms with Gasteiger partial charge >= 0.3 is 0 Å². The second-order valence-electron chi connectivity index (χ2n) is 5.64. The Kier molecular flexibility index (Phi) is 4.62. The minimum absolute atomic E-state index is 0.118. The molecular weight excluding hydrogens is 324 g/mol. The van der Waals surface area contributed by atoms with Crippen LogP contribution in [0.4, 0.5) is 0 Å². The minimum atomic E-state index is -3.59. The number of carbonyl (C=O) groups is 1. The van der Waals surface area contributed by atoms with Crippen LogP contribution in [0.25, 0.3) is 0 Å². The number of carbonyl (C=O) groups excluding carboxylic acids is 1. The zero-order valence-electron chi connectivity index (χ0n) is 13.1. The predicted octanol–water partition coefficient (Wildman–Crippen LogP) is 2.62. The molecule has 0 aliphatic carbocycles. The van der Waals surface area contributed by atoms with E-state index in [-0.39, 0.29) is 19.0 Å². The van der Waals surface area contributed by atoms with Crippen LogP contribution in [0.5, 0.6) is 0 Å². The van der Waals surface area contributed by atoms with Crippen molar-refractivity contribution in [1.82, 2.24) is 9.62 Å². The summed E-state index contributed by atoms with van der Waals surface area (Å²) in [6.45, 7) is 4.37. The maximum atomic E-state index is 12.3. The molecule has 5 nitrogen and oxygen atoms in total. The molecule has 0 fully saturated rings. The highest BCUT2D eigenvalue weighted by atomic mass is 32.3. The van der Waals surface area contributed by atoms with Gasteiger partial charge in [-0.25, -0.2) is 0 Å². The first kappa shape index (κ1) is 16.6. The molecule has 1 N–H and O–H groups in total. The van der Waals surface area contributed by atoms with Crippen LogP contribution in [-0.4, -0.2) is 14.8 Å². The summed E-state index contributed by atoms with van der Waals surface area (Å²) in [6, 6.07) is 14.9. The Hall–Kier alpha value is -2.28. The molecule has 3 rings (SSSR count). The van der Waals surface area contributed by atoms with Crippen LogP contribution < -0.4 is 5.32 Å². The van der Waals surface area contributed by atoms with Crippen LogP contribution >= 0.6 is 0 Å². The number of rotatable bonds is 6. The zero-order valence-corrected chi connectivity index (χ0v) is 13.9. The van der Waals surface area contributed by atoms with E-state index in [0.717, 1.165) is 22.1 Å². The highest BCUT2D eigenvalue weighted by Gasteiger charge is 2.26. The van der Waals surface area contributed by atoms with E-state index in [1.54, 1.807) is 6.07 Å². The maximum Gasteiger partial charge on any atom is 0.251 e. The third-order valence-corrected chi connectivity index (χ3v) is 5.39. The number of nitrogens with one attached hydrogen (secondary N) is 1. The van der Waals surface area contributed by atoms with Gasteiger partial charge in [-0.3, -0.25) is 4.79 Å². The van der Waals surface area contributed by atoms with Gasteiger partial charge in [-0.15, -0.1) is 4.31 Å². The molecule has 1 heterocycles. The van der Waals surface area contributed by atoms with E-state index in [9.17, 15) is 13.6 Å². The lowest BCUT2D eigenvalue weighted by atomic mass is 10.1. The van der Waals surface area contributed by atoms with Crippen LogP contribution in [0.15, 0.2) is 60.5 Å². The topological polar surface area (TPSA) is 72.5 Å². The Balaban J connectivity index is 1.87. The van der Waals surface area contributed by atoms with Gasteiger partial charge in [0, 0.05) is 12.1 Å². The number of hydrogen-bond acceptors (Lipinski definition) is 3. The first-order valence-electron chi connectivity index (χ1n) is 7.56. The van der Waals surface area contributed by atoms with Crippen LogP contribution in [0.3, 0.4) is 0 Å². The van der Waals surface area contributed by atoms with Crippen molar-refractivity contribution in [2.24, 2.45) is 0 Å². The number of hydrogen-bond donors (Lipinski definition) is 1. The van der Waals surface area contributed by atoms with Gasteiger partial charge in [0.15, 0.2) is 10.4 Å². The summed E-state index contributed by atoms with van der Waals surface area (Å²) in [4.78, 5) is 11.8. The van der Waals surface area contributed by atoms with Gasteiger partial charge in [-0.1, -0.05) is 46.7 Å². The van der Waals surface area contributed by atoms with E-state index in [1.807, 2.05) is 42.5 Å². The largest absolute Gasteiger partial charge is 0.593 e. The van der Waals surface area contributed by atoms with Crippen molar-refractivity contribution in [3.63, 3.8) is 0 Å². The standard InChI is InChI=1S/C18H18N2O3S/c1-2-24(22,23)20(12-14-6-4-3-5-7-14)13-15-8-9-16-11-19-18(21)17(16)10-15/h2-10H,1,11-13H2,(H-,19,21,22,23). The maximum absolute atomic E-state index is 12.3. The number of fused-ring (bicyclic) bond motifs is 1. The van der Waals surface area contributed by atoms with Gasteiger partial charge in [-0.05, 0) is 29.3 Å². The second kappa shape index (κ2) is 6.68. The van der Waals surface area contributed by atoms with Crippen molar-refractivity contribution in [2.45, 2.75) is 19.6 Å². The van der Waals surface area contributed by atoms with E-state index in [1.165, 1.54) is 4.31 Å². The SMILES string of the molecule is C=C[S+](=O)([O-])N(Cc1ccccc1)Cc1ccc2c(c1)C(=O)NC2. The third-order valence-electron chi connectivity index (χ3n) is 3.99. The first-order chi connectivity index (χ1) is 11.5. The molecular formula is C18H18N2O3S. The van der Waals surface area contributed by atoms with Crippen molar-refractivity contribution in [3.05, 3.63) is 82.8 Å². The van der Waals surface area contributed by atoms with Crippen molar-refractivity contribution in [1.29, 1.82) is 0 Å². The molecule has 1 aliphatic heterocycles. The average molecular weight is 342 g/mol. The fraction of sp³-hybridized carbons (Fsp3) is 0.167. The molecule has 0 radical (unpaired) electrons. The third kappa shape index (κ3) is 3.46. The van der Waals surface area contributed by atoms with Gasteiger partial charge < -0.3 is 9.87 Å². The minimum Gasteiger partial charge on any atom is -0.593 e. The van der Waals surface area contributed by atoms with Gasteiger partial charge in [0.2, 0.25) is 0 Å². The zero-order chi connectivity index (χ0) is 17.2. The van der Waals surface area contributed by atoms with E-state index in [0.29, 0.717) is 12.1 Å². The predicted molar refractivity (Wildman–Crippen MR) is 92.3 cm³/mol. The van der Waals surface area contributed by atoms with Gasteiger partial charge in [0.1, 0.15) is 5.41 Å². The molecule has 1 amide bonds. The quantitative estimate of drug-likeness (QED) is 0.820. The molecule has 0 saturated heterocycles. The lowest BCUT2D eigenvalue weighted by molar-refractivity contribution is 0.0965. The monoisotopic (exact) mass is 342 g/mol. The van der Waals surface area contributed by atoms with Crippen molar-refractivity contribution in [3.8, 4) is 0 Å². The second-order valence-corrected chi connectivity index (χ2v) is 7.52. The van der Waals surface area contributed by atoms with Crippen molar-refractivity contribution >= 4 is 16.3 Å². The van der Waals surface area contributed by atoms with E-state index < -0.39 is 10.4 Å². The lowest BCUT2D eigenvalue weighted by Gasteiger charge is -2.25. The van der Waals surface area contributed by atoms with Gasteiger partial charge in [-0.2, -0.15) is 0 Å². The number of amides is 1. The highest BCUT2D eigenvalue weighted by molar-refractivity contribution is 7.98. The number of sulfonamides is 1. The Morgan fingerprint density at radius 2 is 1.88 bits per heavy atom. The Bertz CT molecular complexity index is 820. The van der Waals surface area contributed by atoms with Crippen LogP contribution in [0.1, 0.15) is 27.0 Å². The molecule has 1 aliphatic rings. The number of nitrogens with zero attached hydrogens (tertiary/aromatic N) is 1. The molecule has 6 heteroatoms. The summed E-state index contributed by atoms with van der Waals surface area (Å²) in [7, 11) is -3.59. The molecule has 2 aromatic carbocycles. The summed E-state index contributed by atoms with van der Waals surface area (Å²) in [6.07, 6.45) is 0. The van der Waals surface area contributed by atoms with Crippen LogP contribution in [0, 0.1) is 0 Å². The fourth-order valence-corrected chi connectivity index (χ4v) is 3.56. The lowest BCUT2D eigenvalue weighted by Crippen LogP contribution is -2.33. The first-order valence-corrected chi connectivity index (χ1v) is 9.06. The molecule has 2 aromatic rings. The summed E-state index contributed by atoms with van der Waals surface area (Å²) in [5.74, 6) is -0.118.